The van der Waals surface area contributed by atoms with Gasteiger partial charge in [0.25, 0.3) is 5.91 Å². The highest BCUT2D eigenvalue weighted by molar-refractivity contribution is 5.97. The largest absolute Gasteiger partial charge is 0.366 e. The smallest absolute Gasteiger partial charge is 0.251 e. The fourth-order valence-corrected chi connectivity index (χ4v) is 6.52. The fraction of sp³-hybridized carbons (Fsp3) is 0.316. The van der Waals surface area contributed by atoms with E-state index in [2.05, 4.69) is 51.3 Å². The molecule has 0 spiro atoms. The van der Waals surface area contributed by atoms with Gasteiger partial charge in [0.15, 0.2) is 0 Å². The first-order chi connectivity index (χ1) is 22.2. The Hall–Kier alpha value is -5.00. The van der Waals surface area contributed by atoms with Crippen LogP contribution in [0.4, 0.5) is 5.69 Å². The molecule has 8 nitrogen and oxygen atoms in total. The van der Waals surface area contributed by atoms with Crippen LogP contribution in [-0.2, 0) is 6.54 Å². The second-order valence-corrected chi connectivity index (χ2v) is 12.2. The first kappa shape index (κ1) is 32.4. The Morgan fingerprint density at radius 1 is 1.00 bits per heavy atom. The summed E-state index contributed by atoms with van der Waals surface area (Å²) in [6.45, 7) is 9.40. The molecule has 1 fully saturated rings. The summed E-state index contributed by atoms with van der Waals surface area (Å²) in [4.78, 5) is 33.9. The van der Waals surface area contributed by atoms with E-state index in [4.69, 9.17) is 5.73 Å². The van der Waals surface area contributed by atoms with Gasteiger partial charge in [-0.25, -0.2) is 0 Å². The molecule has 236 valence electrons. The van der Waals surface area contributed by atoms with Crippen molar-refractivity contribution in [3.05, 3.63) is 119 Å². The molecule has 0 bridgehead atoms. The molecule has 5 rings (SSSR count). The Balaban J connectivity index is 1.18. The van der Waals surface area contributed by atoms with Gasteiger partial charge in [0.05, 0.1) is 11.6 Å². The highest BCUT2D eigenvalue weighted by Gasteiger charge is 2.27. The third-order valence-corrected chi connectivity index (χ3v) is 9.08. The number of nitriles is 1. The summed E-state index contributed by atoms with van der Waals surface area (Å²) in [5, 5.41) is 12.6. The average Bonchev–Trinajstić information content (AvgIpc) is 3.07. The van der Waals surface area contributed by atoms with Gasteiger partial charge in [-0.15, -0.1) is 0 Å². The molecule has 2 heterocycles. The summed E-state index contributed by atoms with van der Waals surface area (Å²) in [5.74, 6) is -0.469. The number of benzene rings is 3. The van der Waals surface area contributed by atoms with E-state index in [0.717, 1.165) is 71.4 Å². The maximum atomic E-state index is 13.2. The van der Waals surface area contributed by atoms with Crippen molar-refractivity contribution in [1.29, 1.82) is 5.26 Å². The number of carbonyl (C=O) groups excluding carboxylic acids is 2. The summed E-state index contributed by atoms with van der Waals surface area (Å²) in [7, 11) is 0. The molecule has 1 aliphatic heterocycles. The zero-order valence-corrected chi connectivity index (χ0v) is 26.9. The second-order valence-electron chi connectivity index (χ2n) is 12.2. The predicted octanol–water partition coefficient (Wildman–Crippen LogP) is 6.02. The van der Waals surface area contributed by atoms with Crippen molar-refractivity contribution in [2.75, 3.05) is 24.5 Å². The van der Waals surface area contributed by atoms with Gasteiger partial charge >= 0.3 is 0 Å². The Bertz CT molecular complexity index is 1680. The van der Waals surface area contributed by atoms with Gasteiger partial charge in [-0.3, -0.25) is 14.6 Å². The molecule has 2 amide bonds. The zero-order valence-electron chi connectivity index (χ0n) is 26.9. The van der Waals surface area contributed by atoms with Crippen LogP contribution in [0, 0.1) is 25.2 Å². The number of hydrogen-bond acceptors (Lipinski definition) is 6. The van der Waals surface area contributed by atoms with E-state index >= 15 is 0 Å². The van der Waals surface area contributed by atoms with Crippen LogP contribution in [0.5, 0.6) is 0 Å². The molecule has 46 heavy (non-hydrogen) atoms. The summed E-state index contributed by atoms with van der Waals surface area (Å²) in [6.07, 6.45) is 6.39. The molecule has 0 radical (unpaired) electrons. The van der Waals surface area contributed by atoms with Gasteiger partial charge in [0.2, 0.25) is 5.91 Å². The Morgan fingerprint density at radius 2 is 1.67 bits per heavy atom. The maximum Gasteiger partial charge on any atom is 0.251 e. The van der Waals surface area contributed by atoms with Crippen molar-refractivity contribution in [3.8, 4) is 17.2 Å². The molecule has 1 unspecified atom stereocenters. The zero-order chi connectivity index (χ0) is 32.6. The second kappa shape index (κ2) is 14.9. The molecule has 0 aliphatic carbocycles. The van der Waals surface area contributed by atoms with Crippen LogP contribution >= 0.6 is 0 Å². The Kier molecular flexibility index (Phi) is 10.5. The number of nitrogens with one attached hydrogen (secondary N) is 1. The minimum atomic E-state index is -0.442. The number of rotatable bonds is 11. The molecular formula is C38H42N6O2. The quantitative estimate of drug-likeness (QED) is 0.214. The van der Waals surface area contributed by atoms with Crippen LogP contribution in [0.1, 0.15) is 69.2 Å². The summed E-state index contributed by atoms with van der Waals surface area (Å²) in [6, 6.07) is 26.2. The van der Waals surface area contributed by atoms with Gasteiger partial charge in [0, 0.05) is 67.5 Å². The highest BCUT2D eigenvalue weighted by Crippen LogP contribution is 2.28. The number of hydrogen-bond donors (Lipinski definition) is 2. The number of nitrogens with zero attached hydrogens (tertiary/aromatic N) is 4. The number of anilines is 1. The van der Waals surface area contributed by atoms with E-state index in [0.29, 0.717) is 36.3 Å². The van der Waals surface area contributed by atoms with E-state index in [1.165, 1.54) is 0 Å². The van der Waals surface area contributed by atoms with Crippen LogP contribution in [-0.4, -0.2) is 53.4 Å². The Morgan fingerprint density at radius 3 is 2.30 bits per heavy atom. The van der Waals surface area contributed by atoms with Gasteiger partial charge < -0.3 is 20.9 Å². The van der Waals surface area contributed by atoms with E-state index in [1.807, 2.05) is 56.3 Å². The van der Waals surface area contributed by atoms with Crippen LogP contribution in [0.3, 0.4) is 0 Å². The normalized spacial score (nSPS) is 14.3. The van der Waals surface area contributed by atoms with Crippen molar-refractivity contribution in [2.45, 2.75) is 58.7 Å². The molecule has 1 atom stereocenters. The molecule has 8 heteroatoms. The van der Waals surface area contributed by atoms with E-state index < -0.39 is 5.91 Å². The van der Waals surface area contributed by atoms with Crippen molar-refractivity contribution in [1.82, 2.24) is 15.2 Å². The van der Waals surface area contributed by atoms with Gasteiger partial charge in [-0.05, 0) is 116 Å². The summed E-state index contributed by atoms with van der Waals surface area (Å²) >= 11 is 0. The molecule has 4 aromatic rings. The monoisotopic (exact) mass is 614 g/mol. The third kappa shape index (κ3) is 7.79. The number of amides is 2. The number of carbonyl (C=O) groups is 2. The lowest BCUT2D eigenvalue weighted by molar-refractivity contribution is 0.0942. The van der Waals surface area contributed by atoms with Crippen molar-refractivity contribution in [3.63, 3.8) is 0 Å². The van der Waals surface area contributed by atoms with Crippen LogP contribution in [0.25, 0.3) is 11.1 Å². The molecule has 1 aliphatic rings. The Labute approximate surface area is 271 Å². The number of pyridine rings is 1. The number of nitrogens with two attached hydrogens (primary N) is 1. The first-order valence-electron chi connectivity index (χ1n) is 15.9. The lowest BCUT2D eigenvalue weighted by Crippen LogP contribution is -2.48. The van der Waals surface area contributed by atoms with Crippen LogP contribution < -0.4 is 16.0 Å². The van der Waals surface area contributed by atoms with E-state index in [9.17, 15) is 14.9 Å². The van der Waals surface area contributed by atoms with Crippen LogP contribution in [0.2, 0.25) is 0 Å². The van der Waals surface area contributed by atoms with E-state index in [1.54, 1.807) is 24.5 Å². The minimum absolute atomic E-state index is 0.0272. The predicted molar refractivity (Wildman–Crippen MR) is 182 cm³/mol. The maximum absolute atomic E-state index is 13.2. The van der Waals surface area contributed by atoms with Crippen molar-refractivity contribution < 1.29 is 9.59 Å². The highest BCUT2D eigenvalue weighted by atomic mass is 16.2. The van der Waals surface area contributed by atoms with Gasteiger partial charge in [0.1, 0.15) is 0 Å². The first-order valence-corrected chi connectivity index (χ1v) is 15.9. The molecule has 0 saturated carbocycles. The summed E-state index contributed by atoms with van der Waals surface area (Å²) in [5.41, 5.74) is 13.6. The standard InChI is InChI=1S/C38H42N6O2/c1-26-21-33(31-12-16-41-17-13-31)22-27(2)36(26)38(46)42-18-11-28(3)43-19-14-35(15-20-43)44(25-30-6-4-5-29(23-30)24-39)34-9-7-32(8-10-34)37(40)45/h4-10,12-13,16-17,21-23,28,35H,11,14-15,18-20,25H2,1-3H3,(H2,40,45)(H,42,46). The van der Waals surface area contributed by atoms with Crippen molar-refractivity contribution in [2.24, 2.45) is 5.73 Å². The van der Waals surface area contributed by atoms with Gasteiger partial charge in [-0.1, -0.05) is 24.3 Å². The lowest BCUT2D eigenvalue weighted by atomic mass is 9.95. The van der Waals surface area contributed by atoms with Gasteiger partial charge in [-0.2, -0.15) is 5.26 Å². The summed E-state index contributed by atoms with van der Waals surface area (Å²) < 4.78 is 0. The minimum Gasteiger partial charge on any atom is -0.366 e. The number of likely N-dealkylation sites (tertiary alicyclic amines) is 1. The molecule has 3 aromatic carbocycles. The van der Waals surface area contributed by atoms with E-state index in [-0.39, 0.29) is 5.91 Å². The number of piperidine rings is 1. The molecule has 1 saturated heterocycles. The molecular weight excluding hydrogens is 572 g/mol. The van der Waals surface area contributed by atoms with Crippen molar-refractivity contribution >= 4 is 17.5 Å². The number of primary amides is 1. The average molecular weight is 615 g/mol. The third-order valence-electron chi connectivity index (χ3n) is 9.08. The SMILES string of the molecule is Cc1cc(-c2ccncc2)cc(C)c1C(=O)NCCC(C)N1CCC(N(Cc2cccc(C#N)c2)c2ccc(C(N)=O)cc2)CC1. The number of aromatic nitrogens is 1. The number of aryl methyl sites for hydroxylation is 2. The molecule has 1 aromatic heterocycles. The topological polar surface area (TPSA) is 115 Å². The lowest BCUT2D eigenvalue weighted by Gasteiger charge is -2.42. The molecule has 3 N–H and O–H groups in total. The van der Waals surface area contributed by atoms with Crippen LogP contribution in [0.15, 0.2) is 85.2 Å². The fourth-order valence-electron chi connectivity index (χ4n) is 6.52.